The highest BCUT2D eigenvalue weighted by atomic mass is 31.2. The van der Waals surface area contributed by atoms with Gasteiger partial charge in [0, 0.05) is 12.8 Å². The van der Waals surface area contributed by atoms with Crippen molar-refractivity contribution in [1.82, 2.24) is 0 Å². The van der Waals surface area contributed by atoms with Gasteiger partial charge in [0.2, 0.25) is 0 Å². The lowest BCUT2D eigenvalue weighted by Crippen LogP contribution is -2.29. The highest BCUT2D eigenvalue weighted by Gasteiger charge is 2.25. The van der Waals surface area contributed by atoms with Gasteiger partial charge in [0.25, 0.3) is 0 Å². The van der Waals surface area contributed by atoms with Crippen LogP contribution in [0.15, 0.2) is 48.6 Å². The molecule has 0 spiro atoms. The van der Waals surface area contributed by atoms with Gasteiger partial charge >= 0.3 is 19.8 Å². The number of hydrogen-bond donors (Lipinski definition) is 1. The number of rotatable bonds is 40. The van der Waals surface area contributed by atoms with Crippen LogP contribution in [0.1, 0.15) is 201 Å². The first-order valence-electron chi connectivity index (χ1n) is 21.9. The van der Waals surface area contributed by atoms with E-state index in [-0.39, 0.29) is 32.0 Å². The first-order valence-corrected chi connectivity index (χ1v) is 23.4. The zero-order valence-electron chi connectivity index (χ0n) is 34.9. The number of carbonyl (C=O) groups is 2. The number of esters is 2. The number of phosphoric acid groups is 1. The summed E-state index contributed by atoms with van der Waals surface area (Å²) in [6.07, 6.45) is 47.3. The van der Waals surface area contributed by atoms with E-state index in [4.69, 9.17) is 18.5 Å². The number of unbranched alkanes of at least 4 members (excludes halogenated alkanes) is 20. The Balaban J connectivity index is 4.10. The van der Waals surface area contributed by atoms with Gasteiger partial charge in [-0.2, -0.15) is 0 Å². The van der Waals surface area contributed by atoms with Crippen molar-refractivity contribution in [2.75, 3.05) is 19.8 Å². The van der Waals surface area contributed by atoms with E-state index < -0.39 is 26.5 Å². The fraction of sp³-hybridized carbons (Fsp3) is 0.778. The van der Waals surface area contributed by atoms with Crippen molar-refractivity contribution in [1.29, 1.82) is 0 Å². The minimum absolute atomic E-state index is 0.00387. The van der Waals surface area contributed by atoms with Gasteiger partial charge in [-0.1, -0.05) is 152 Å². The molecule has 0 fully saturated rings. The average Bonchev–Trinajstić information content (AvgIpc) is 3.15. The Hall–Kier alpha value is -1.99. The number of carbonyl (C=O) groups excluding carboxylic acids is 2. The summed E-state index contributed by atoms with van der Waals surface area (Å²) in [6, 6.07) is 0. The summed E-state index contributed by atoms with van der Waals surface area (Å²) in [5.41, 5.74) is 0. The molecule has 0 saturated carbocycles. The third kappa shape index (κ3) is 39.7. The molecule has 0 radical (unpaired) electrons. The summed E-state index contributed by atoms with van der Waals surface area (Å²) in [4.78, 5) is 34.8. The highest BCUT2D eigenvalue weighted by molar-refractivity contribution is 7.47. The van der Waals surface area contributed by atoms with Gasteiger partial charge < -0.3 is 14.4 Å². The zero-order chi connectivity index (χ0) is 39.6. The molecule has 0 bridgehead atoms. The average molecular weight is 781 g/mol. The highest BCUT2D eigenvalue weighted by Crippen LogP contribution is 2.43. The van der Waals surface area contributed by atoms with E-state index in [1.54, 1.807) is 6.92 Å². The monoisotopic (exact) mass is 781 g/mol. The minimum atomic E-state index is -4.29. The first-order chi connectivity index (χ1) is 26.3. The number of ether oxygens (including phenoxy) is 2. The van der Waals surface area contributed by atoms with Crippen LogP contribution in [0.25, 0.3) is 0 Å². The molecule has 314 valence electrons. The van der Waals surface area contributed by atoms with E-state index in [2.05, 4.69) is 62.5 Å². The second-order valence-corrected chi connectivity index (χ2v) is 15.8. The van der Waals surface area contributed by atoms with Crippen molar-refractivity contribution < 1.29 is 37.6 Å². The second kappa shape index (κ2) is 40.7. The van der Waals surface area contributed by atoms with Gasteiger partial charge in [-0.3, -0.25) is 18.6 Å². The third-order valence-corrected chi connectivity index (χ3v) is 10.2. The van der Waals surface area contributed by atoms with Crippen molar-refractivity contribution >= 4 is 19.8 Å². The van der Waals surface area contributed by atoms with Crippen LogP contribution in [0.5, 0.6) is 0 Å². The molecule has 8 nitrogen and oxygen atoms in total. The molecule has 54 heavy (non-hydrogen) atoms. The summed E-state index contributed by atoms with van der Waals surface area (Å²) in [5.74, 6) is -0.815. The standard InChI is InChI=1S/C45H81O8P/c1-4-7-9-11-13-15-17-19-21-23-25-27-29-31-33-35-37-39-44(46)50-41-43(42-52-54(48,49)51-6-3)53-45(47)40-38-36-34-32-30-28-26-24-22-20-18-16-14-12-10-8-5-2/h13-16,19-22,43H,4-12,17-18,23-42H2,1-3H3,(H,48,49)/b15-13-,16-14-,21-19-,22-20-. The maximum Gasteiger partial charge on any atom is 0.472 e. The molecule has 0 aromatic heterocycles. The number of hydrogen-bond acceptors (Lipinski definition) is 7. The molecule has 0 aliphatic rings. The molecule has 2 unspecified atom stereocenters. The summed E-state index contributed by atoms with van der Waals surface area (Å²) in [7, 11) is -4.29. The van der Waals surface area contributed by atoms with E-state index in [0.29, 0.717) is 6.42 Å². The lowest BCUT2D eigenvalue weighted by atomic mass is 10.1. The predicted octanol–water partition coefficient (Wildman–Crippen LogP) is 13.8. The van der Waals surface area contributed by atoms with Crippen molar-refractivity contribution in [3.8, 4) is 0 Å². The van der Waals surface area contributed by atoms with E-state index in [9.17, 15) is 19.0 Å². The topological polar surface area (TPSA) is 108 Å². The van der Waals surface area contributed by atoms with Crippen molar-refractivity contribution in [3.63, 3.8) is 0 Å². The van der Waals surface area contributed by atoms with Gasteiger partial charge in [-0.05, 0) is 84.0 Å². The molecular weight excluding hydrogens is 699 g/mol. The van der Waals surface area contributed by atoms with Gasteiger partial charge in [-0.25, -0.2) is 4.57 Å². The normalized spacial score (nSPS) is 13.8. The summed E-state index contributed by atoms with van der Waals surface area (Å²) < 4.78 is 32.6. The third-order valence-electron chi connectivity index (χ3n) is 9.11. The lowest BCUT2D eigenvalue weighted by Gasteiger charge is -2.19. The van der Waals surface area contributed by atoms with E-state index in [1.165, 1.54) is 89.9 Å². The molecular formula is C45H81O8P. The Morgan fingerprint density at radius 2 is 0.889 bits per heavy atom. The molecule has 0 aliphatic heterocycles. The molecule has 0 rings (SSSR count). The summed E-state index contributed by atoms with van der Waals surface area (Å²) in [5, 5.41) is 0. The predicted molar refractivity (Wildman–Crippen MR) is 225 cm³/mol. The summed E-state index contributed by atoms with van der Waals surface area (Å²) >= 11 is 0. The van der Waals surface area contributed by atoms with E-state index in [0.717, 1.165) is 70.6 Å². The van der Waals surface area contributed by atoms with Crippen LogP contribution < -0.4 is 0 Å². The Kier molecular flexibility index (Phi) is 39.2. The van der Waals surface area contributed by atoms with Crippen LogP contribution in [0, 0.1) is 0 Å². The van der Waals surface area contributed by atoms with E-state index >= 15 is 0 Å². The quantitative estimate of drug-likeness (QED) is 0.0283. The van der Waals surface area contributed by atoms with E-state index in [1.807, 2.05) is 0 Å². The van der Waals surface area contributed by atoms with Crippen molar-refractivity contribution in [2.24, 2.45) is 0 Å². The van der Waals surface area contributed by atoms with Crippen LogP contribution in [-0.2, 0) is 32.7 Å². The molecule has 0 amide bonds. The van der Waals surface area contributed by atoms with Crippen molar-refractivity contribution in [2.45, 2.75) is 207 Å². The van der Waals surface area contributed by atoms with Crippen LogP contribution in [0.4, 0.5) is 0 Å². The smallest absolute Gasteiger partial charge is 0.462 e. The van der Waals surface area contributed by atoms with Gasteiger partial charge in [0.1, 0.15) is 6.61 Å². The van der Waals surface area contributed by atoms with Gasteiger partial charge in [0.05, 0.1) is 13.2 Å². The van der Waals surface area contributed by atoms with Gasteiger partial charge in [-0.15, -0.1) is 0 Å². The van der Waals surface area contributed by atoms with Crippen LogP contribution >= 0.6 is 7.82 Å². The fourth-order valence-electron chi connectivity index (χ4n) is 5.87. The Labute approximate surface area is 331 Å². The second-order valence-electron chi connectivity index (χ2n) is 14.4. The maximum absolute atomic E-state index is 12.6. The largest absolute Gasteiger partial charge is 0.472 e. The fourth-order valence-corrected chi connectivity index (χ4v) is 6.62. The number of phosphoric ester groups is 1. The molecule has 9 heteroatoms. The van der Waals surface area contributed by atoms with Crippen LogP contribution in [-0.4, -0.2) is 42.8 Å². The SMILES string of the molecule is CCCCC/C=C\C/C=C\CCCCCCCCCC(=O)OCC(COP(=O)(O)OCC)OC(=O)CCCCCCCCC/C=C\C/C=C\CCCCC. The minimum Gasteiger partial charge on any atom is -0.462 e. The maximum atomic E-state index is 12.6. The zero-order valence-corrected chi connectivity index (χ0v) is 35.8. The molecule has 0 saturated heterocycles. The Morgan fingerprint density at radius 3 is 1.31 bits per heavy atom. The lowest BCUT2D eigenvalue weighted by molar-refractivity contribution is -0.161. The first kappa shape index (κ1) is 52.0. The Morgan fingerprint density at radius 1 is 0.500 bits per heavy atom. The van der Waals surface area contributed by atoms with Crippen molar-refractivity contribution in [3.05, 3.63) is 48.6 Å². The molecule has 0 aromatic rings. The Bertz CT molecular complexity index is 1020. The van der Waals surface area contributed by atoms with Gasteiger partial charge in [0.15, 0.2) is 6.10 Å². The molecule has 2 atom stereocenters. The molecule has 1 N–H and O–H groups in total. The number of allylic oxidation sites excluding steroid dienone is 8. The van der Waals surface area contributed by atoms with Crippen LogP contribution in [0.2, 0.25) is 0 Å². The molecule has 0 heterocycles. The molecule has 0 aromatic carbocycles. The molecule has 0 aliphatic carbocycles. The van der Waals surface area contributed by atoms with Crippen LogP contribution in [0.3, 0.4) is 0 Å². The summed E-state index contributed by atoms with van der Waals surface area (Å²) in [6.45, 7) is 5.41.